The van der Waals surface area contributed by atoms with E-state index in [0.717, 1.165) is 6.26 Å². The molecule has 0 radical (unpaired) electrons. The van der Waals surface area contributed by atoms with Gasteiger partial charge in [0.05, 0.1) is 18.7 Å². The summed E-state index contributed by atoms with van der Waals surface area (Å²) >= 11 is 0. The van der Waals surface area contributed by atoms with Gasteiger partial charge in [-0.1, -0.05) is 18.2 Å². The van der Waals surface area contributed by atoms with E-state index in [4.69, 9.17) is 5.11 Å². The van der Waals surface area contributed by atoms with Crippen LogP contribution in [0.1, 0.15) is 23.7 Å². The molecule has 1 heterocycles. The fraction of sp³-hybridized carbons (Fsp3) is 0.467. The fourth-order valence-corrected chi connectivity index (χ4v) is 3.98. The van der Waals surface area contributed by atoms with Gasteiger partial charge in [0.2, 0.25) is 10.0 Å². The lowest BCUT2D eigenvalue weighted by molar-refractivity contribution is -0.138. The van der Waals surface area contributed by atoms with Crippen LogP contribution < -0.4 is 0 Å². The van der Waals surface area contributed by atoms with Crippen molar-refractivity contribution in [3.05, 3.63) is 35.9 Å². The van der Waals surface area contributed by atoms with Crippen molar-refractivity contribution in [1.29, 1.82) is 0 Å². The molecule has 1 saturated heterocycles. The van der Waals surface area contributed by atoms with Gasteiger partial charge in [0.15, 0.2) is 0 Å². The molecular formula is C15H20N2O5S. The Hall–Kier alpha value is -1.93. The van der Waals surface area contributed by atoms with Crippen LogP contribution in [0.4, 0.5) is 0 Å². The van der Waals surface area contributed by atoms with Crippen molar-refractivity contribution in [2.24, 2.45) is 0 Å². The number of sulfonamides is 1. The third kappa shape index (κ3) is 4.08. The number of piperazine rings is 1. The number of hydrogen-bond acceptors (Lipinski definition) is 4. The molecule has 126 valence electrons. The van der Waals surface area contributed by atoms with Crippen molar-refractivity contribution in [3.63, 3.8) is 0 Å². The molecule has 0 bridgehead atoms. The van der Waals surface area contributed by atoms with Gasteiger partial charge in [-0.2, -0.15) is 4.31 Å². The zero-order valence-corrected chi connectivity index (χ0v) is 13.9. The van der Waals surface area contributed by atoms with E-state index in [-0.39, 0.29) is 31.5 Å². The molecule has 1 aliphatic rings. The lowest BCUT2D eigenvalue weighted by atomic mass is 10.1. The van der Waals surface area contributed by atoms with Gasteiger partial charge < -0.3 is 10.0 Å². The molecule has 0 saturated carbocycles. The van der Waals surface area contributed by atoms with Gasteiger partial charge in [-0.05, 0) is 19.1 Å². The highest BCUT2D eigenvalue weighted by molar-refractivity contribution is 7.88. The number of aliphatic carboxylic acids is 1. The average molecular weight is 340 g/mol. The van der Waals surface area contributed by atoms with Gasteiger partial charge in [0.1, 0.15) is 0 Å². The van der Waals surface area contributed by atoms with Crippen LogP contribution in [-0.4, -0.2) is 66.0 Å². The lowest BCUT2D eigenvalue weighted by Crippen LogP contribution is -2.60. The van der Waals surface area contributed by atoms with Crippen molar-refractivity contribution >= 4 is 21.9 Å². The van der Waals surface area contributed by atoms with E-state index in [1.54, 1.807) is 42.2 Å². The number of carbonyl (C=O) groups excluding carboxylic acids is 1. The molecule has 8 heteroatoms. The Bertz CT molecular complexity index is 689. The van der Waals surface area contributed by atoms with Crippen LogP contribution in [0.2, 0.25) is 0 Å². The summed E-state index contributed by atoms with van der Waals surface area (Å²) in [7, 11) is -3.54. The summed E-state index contributed by atoms with van der Waals surface area (Å²) in [4.78, 5) is 25.2. The van der Waals surface area contributed by atoms with Crippen LogP contribution in [0.3, 0.4) is 0 Å². The third-order valence-corrected chi connectivity index (χ3v) is 5.21. The first-order valence-corrected chi connectivity index (χ1v) is 9.09. The number of amides is 1. The summed E-state index contributed by atoms with van der Waals surface area (Å²) in [5, 5.41) is 9.03. The molecule has 0 aliphatic carbocycles. The molecule has 7 nitrogen and oxygen atoms in total. The monoisotopic (exact) mass is 340 g/mol. The summed E-state index contributed by atoms with van der Waals surface area (Å²) in [5.74, 6) is -1.31. The number of benzene rings is 1. The molecule has 0 unspecified atom stereocenters. The molecule has 1 N–H and O–H groups in total. The van der Waals surface area contributed by atoms with Crippen LogP contribution in [0.5, 0.6) is 0 Å². The van der Waals surface area contributed by atoms with Crippen molar-refractivity contribution in [1.82, 2.24) is 9.21 Å². The fourth-order valence-electron chi connectivity index (χ4n) is 2.81. The SMILES string of the molecule is C[C@H]1CN(S(C)(=O)=O)[C@H](CC(=O)O)CN1C(=O)c1ccccc1. The first-order valence-electron chi connectivity index (χ1n) is 7.24. The van der Waals surface area contributed by atoms with Crippen LogP contribution in [0.15, 0.2) is 30.3 Å². The zero-order valence-electron chi connectivity index (χ0n) is 13.0. The second kappa shape index (κ2) is 6.67. The van der Waals surface area contributed by atoms with Gasteiger partial charge >= 0.3 is 5.97 Å². The van der Waals surface area contributed by atoms with E-state index < -0.39 is 22.0 Å². The number of carboxylic acids is 1. The van der Waals surface area contributed by atoms with Crippen LogP contribution in [0, 0.1) is 0 Å². The molecular weight excluding hydrogens is 320 g/mol. The molecule has 1 fully saturated rings. The average Bonchev–Trinajstić information content (AvgIpc) is 2.47. The minimum absolute atomic E-state index is 0.0638. The Morgan fingerprint density at radius 3 is 2.35 bits per heavy atom. The first kappa shape index (κ1) is 17.4. The van der Waals surface area contributed by atoms with Crippen molar-refractivity contribution in [3.8, 4) is 0 Å². The number of nitrogens with zero attached hydrogens (tertiary/aromatic N) is 2. The van der Waals surface area contributed by atoms with Crippen molar-refractivity contribution < 1.29 is 23.1 Å². The Morgan fingerprint density at radius 2 is 1.83 bits per heavy atom. The third-order valence-electron chi connectivity index (χ3n) is 3.91. The maximum absolute atomic E-state index is 12.6. The van der Waals surface area contributed by atoms with E-state index in [1.807, 2.05) is 0 Å². The van der Waals surface area contributed by atoms with Crippen LogP contribution in [0.25, 0.3) is 0 Å². The van der Waals surface area contributed by atoms with Gasteiger partial charge in [0.25, 0.3) is 5.91 Å². The number of carbonyl (C=O) groups is 2. The van der Waals surface area contributed by atoms with E-state index in [0.29, 0.717) is 5.56 Å². The Balaban J connectivity index is 2.27. The molecule has 23 heavy (non-hydrogen) atoms. The number of rotatable bonds is 4. The standard InChI is InChI=1S/C15H20N2O5S/c1-11-9-17(23(2,21)22)13(8-14(18)19)10-16(11)15(20)12-6-4-3-5-7-12/h3-7,11,13H,8-10H2,1-2H3,(H,18,19)/t11-,13+/m0/s1. The normalized spacial score (nSPS) is 22.8. The number of hydrogen-bond donors (Lipinski definition) is 1. The highest BCUT2D eigenvalue weighted by Gasteiger charge is 2.39. The Morgan fingerprint density at radius 1 is 1.22 bits per heavy atom. The molecule has 0 aromatic heterocycles. The van der Waals surface area contributed by atoms with Gasteiger partial charge in [-0.15, -0.1) is 0 Å². The quantitative estimate of drug-likeness (QED) is 0.868. The Kier molecular flexibility index (Phi) is 5.06. The highest BCUT2D eigenvalue weighted by Crippen LogP contribution is 2.22. The van der Waals surface area contributed by atoms with E-state index in [1.165, 1.54) is 4.31 Å². The molecule has 2 rings (SSSR count). The van der Waals surface area contributed by atoms with Crippen molar-refractivity contribution in [2.75, 3.05) is 19.3 Å². The minimum Gasteiger partial charge on any atom is -0.481 e. The van der Waals surface area contributed by atoms with Crippen LogP contribution in [-0.2, 0) is 14.8 Å². The second-order valence-electron chi connectivity index (χ2n) is 5.76. The molecule has 1 amide bonds. The topological polar surface area (TPSA) is 95.0 Å². The summed E-state index contributed by atoms with van der Waals surface area (Å²) in [5.41, 5.74) is 0.501. The largest absolute Gasteiger partial charge is 0.481 e. The molecule has 1 aliphatic heterocycles. The summed E-state index contributed by atoms with van der Waals surface area (Å²) in [6, 6.07) is 7.58. The zero-order chi connectivity index (χ0) is 17.2. The predicted octanol–water partition coefficient (Wildman–Crippen LogP) is 0.636. The molecule has 1 aromatic carbocycles. The van der Waals surface area contributed by atoms with E-state index in [2.05, 4.69) is 0 Å². The molecule has 2 atom stereocenters. The molecule has 1 aromatic rings. The summed E-state index contributed by atoms with van der Waals surface area (Å²) in [6.07, 6.45) is 0.724. The first-order chi connectivity index (χ1) is 10.7. The maximum Gasteiger partial charge on any atom is 0.305 e. The lowest BCUT2D eigenvalue weighted by Gasteiger charge is -2.43. The van der Waals surface area contributed by atoms with E-state index in [9.17, 15) is 18.0 Å². The second-order valence-corrected chi connectivity index (χ2v) is 7.69. The number of carboxylic acid groups (broad SMARTS) is 1. The smallest absolute Gasteiger partial charge is 0.305 e. The summed E-state index contributed by atoms with van der Waals surface area (Å²) in [6.45, 7) is 1.92. The van der Waals surface area contributed by atoms with Gasteiger partial charge in [0, 0.05) is 24.7 Å². The summed E-state index contributed by atoms with van der Waals surface area (Å²) < 4.78 is 25.0. The highest BCUT2D eigenvalue weighted by atomic mass is 32.2. The van der Waals surface area contributed by atoms with Gasteiger partial charge in [-0.25, -0.2) is 8.42 Å². The van der Waals surface area contributed by atoms with Gasteiger partial charge in [-0.3, -0.25) is 9.59 Å². The minimum atomic E-state index is -3.54. The van der Waals surface area contributed by atoms with Crippen molar-refractivity contribution in [2.45, 2.75) is 25.4 Å². The Labute approximate surface area is 135 Å². The predicted molar refractivity (Wildman–Crippen MR) is 84.5 cm³/mol. The van der Waals surface area contributed by atoms with E-state index >= 15 is 0 Å². The maximum atomic E-state index is 12.6. The molecule has 0 spiro atoms. The van der Waals surface area contributed by atoms with Crippen LogP contribution >= 0.6 is 0 Å².